The van der Waals surface area contributed by atoms with E-state index in [1.54, 1.807) is 26.4 Å². The van der Waals surface area contributed by atoms with E-state index in [1.807, 2.05) is 48.5 Å². The van der Waals surface area contributed by atoms with Crippen LogP contribution in [0.4, 0.5) is 0 Å². The van der Waals surface area contributed by atoms with Gasteiger partial charge in [-0.1, -0.05) is 30.3 Å². The zero-order valence-corrected chi connectivity index (χ0v) is 14.9. The van der Waals surface area contributed by atoms with Crippen molar-refractivity contribution in [2.45, 2.75) is 0 Å². The minimum Gasteiger partial charge on any atom is -0.493 e. The first-order valence-corrected chi connectivity index (χ1v) is 8.40. The van der Waals surface area contributed by atoms with Gasteiger partial charge in [-0.15, -0.1) is 0 Å². The molecule has 5 nitrogen and oxygen atoms in total. The van der Waals surface area contributed by atoms with Gasteiger partial charge in [0.25, 0.3) is 0 Å². The number of rotatable bonds is 4. The maximum Gasteiger partial charge on any atom is 0.336 e. The summed E-state index contributed by atoms with van der Waals surface area (Å²) in [7, 11) is 3.20. The van der Waals surface area contributed by atoms with E-state index < -0.39 is 5.97 Å². The normalized spacial score (nSPS) is 10.9. The monoisotopic (exact) mass is 359 g/mol. The highest BCUT2D eigenvalue weighted by atomic mass is 16.5. The largest absolute Gasteiger partial charge is 0.493 e. The van der Waals surface area contributed by atoms with E-state index in [0.717, 1.165) is 16.3 Å². The molecule has 0 atom stereocenters. The van der Waals surface area contributed by atoms with Crippen LogP contribution < -0.4 is 9.47 Å². The van der Waals surface area contributed by atoms with Crippen molar-refractivity contribution < 1.29 is 19.4 Å². The molecule has 27 heavy (non-hydrogen) atoms. The first kappa shape index (κ1) is 16.8. The Morgan fingerprint density at radius 3 is 2.30 bits per heavy atom. The van der Waals surface area contributed by atoms with Crippen LogP contribution in [0.5, 0.6) is 11.5 Å². The van der Waals surface area contributed by atoms with Crippen LogP contribution in [0.25, 0.3) is 32.9 Å². The van der Waals surface area contributed by atoms with Crippen molar-refractivity contribution in [3.63, 3.8) is 0 Å². The van der Waals surface area contributed by atoms with E-state index >= 15 is 0 Å². The maximum atomic E-state index is 11.7. The van der Waals surface area contributed by atoms with E-state index in [-0.39, 0.29) is 5.56 Å². The number of methoxy groups -OCH3 is 2. The second-order valence-corrected chi connectivity index (χ2v) is 6.15. The van der Waals surface area contributed by atoms with E-state index in [0.29, 0.717) is 28.1 Å². The number of pyridine rings is 1. The van der Waals surface area contributed by atoms with Gasteiger partial charge in [-0.2, -0.15) is 0 Å². The van der Waals surface area contributed by atoms with Crippen LogP contribution in [0, 0.1) is 0 Å². The summed E-state index contributed by atoms with van der Waals surface area (Å²) < 4.78 is 10.7. The molecule has 0 unspecified atom stereocenters. The molecule has 0 bridgehead atoms. The average Bonchev–Trinajstić information content (AvgIpc) is 2.71. The fourth-order valence-electron chi connectivity index (χ4n) is 3.23. The molecule has 0 aliphatic rings. The maximum absolute atomic E-state index is 11.7. The van der Waals surface area contributed by atoms with Crippen molar-refractivity contribution in [3.8, 4) is 22.8 Å². The molecule has 1 heterocycles. The summed E-state index contributed by atoms with van der Waals surface area (Å²) in [6.45, 7) is 0. The molecule has 0 aliphatic carbocycles. The zero-order valence-electron chi connectivity index (χ0n) is 14.9. The highest BCUT2D eigenvalue weighted by Crippen LogP contribution is 2.34. The number of aromatic carboxylic acids is 1. The molecule has 0 spiro atoms. The third kappa shape index (κ3) is 2.93. The number of fused-ring (bicyclic) bond motifs is 2. The lowest BCUT2D eigenvalue weighted by molar-refractivity contribution is 0.0699. The summed E-state index contributed by atoms with van der Waals surface area (Å²) >= 11 is 0. The summed E-state index contributed by atoms with van der Waals surface area (Å²) in [5.41, 5.74) is 2.34. The van der Waals surface area contributed by atoms with E-state index in [2.05, 4.69) is 4.98 Å². The van der Waals surface area contributed by atoms with Crippen molar-refractivity contribution in [2.75, 3.05) is 14.2 Å². The first-order chi connectivity index (χ1) is 13.1. The van der Waals surface area contributed by atoms with Crippen LogP contribution in [0.2, 0.25) is 0 Å². The Balaban J connectivity index is 1.92. The SMILES string of the molecule is COc1cc2ccc(-c3cc(C(=O)O)c4ccccc4n3)cc2cc1OC. The van der Waals surface area contributed by atoms with Crippen LogP contribution in [-0.2, 0) is 0 Å². The number of aromatic nitrogens is 1. The Hall–Kier alpha value is -3.60. The molecule has 3 aromatic carbocycles. The molecular weight excluding hydrogens is 342 g/mol. The van der Waals surface area contributed by atoms with Gasteiger partial charge >= 0.3 is 5.97 Å². The van der Waals surface area contributed by atoms with Gasteiger partial charge in [-0.3, -0.25) is 0 Å². The second kappa shape index (κ2) is 6.61. The van der Waals surface area contributed by atoms with Gasteiger partial charge in [-0.05, 0) is 41.1 Å². The molecular formula is C22H17NO4. The van der Waals surface area contributed by atoms with E-state index in [9.17, 15) is 9.90 Å². The molecule has 5 heteroatoms. The Morgan fingerprint density at radius 1 is 0.889 bits per heavy atom. The Labute approximate surface area is 155 Å². The second-order valence-electron chi connectivity index (χ2n) is 6.15. The molecule has 0 saturated heterocycles. The fraction of sp³-hybridized carbons (Fsp3) is 0.0909. The number of ether oxygens (including phenoxy) is 2. The molecule has 0 fully saturated rings. The number of benzene rings is 3. The van der Waals surface area contributed by atoms with Crippen LogP contribution in [0.3, 0.4) is 0 Å². The van der Waals surface area contributed by atoms with Crippen LogP contribution >= 0.6 is 0 Å². The van der Waals surface area contributed by atoms with Crippen LogP contribution in [0.1, 0.15) is 10.4 Å². The van der Waals surface area contributed by atoms with Crippen molar-refractivity contribution in [1.82, 2.24) is 4.98 Å². The third-order valence-electron chi connectivity index (χ3n) is 4.59. The number of hydrogen-bond donors (Lipinski definition) is 1. The van der Waals surface area contributed by atoms with Crippen molar-refractivity contribution >= 4 is 27.6 Å². The lowest BCUT2D eigenvalue weighted by Gasteiger charge is -2.11. The van der Waals surface area contributed by atoms with Gasteiger partial charge < -0.3 is 14.6 Å². The predicted molar refractivity (Wildman–Crippen MR) is 105 cm³/mol. The minimum atomic E-state index is -0.970. The van der Waals surface area contributed by atoms with Crippen molar-refractivity contribution in [2.24, 2.45) is 0 Å². The minimum absolute atomic E-state index is 0.239. The predicted octanol–water partition coefficient (Wildman–Crippen LogP) is 4.77. The molecule has 4 rings (SSSR count). The summed E-state index contributed by atoms with van der Waals surface area (Å²) in [5, 5.41) is 12.2. The van der Waals surface area contributed by atoms with Gasteiger partial charge in [0, 0.05) is 10.9 Å². The number of carbonyl (C=O) groups is 1. The molecule has 0 saturated carbocycles. The first-order valence-electron chi connectivity index (χ1n) is 8.40. The highest BCUT2D eigenvalue weighted by molar-refractivity contribution is 6.04. The molecule has 0 aliphatic heterocycles. The molecule has 1 N–H and O–H groups in total. The number of carboxylic acids is 1. The smallest absolute Gasteiger partial charge is 0.336 e. The molecule has 1 aromatic heterocycles. The van der Waals surface area contributed by atoms with E-state index in [1.165, 1.54) is 0 Å². The topological polar surface area (TPSA) is 68.7 Å². The van der Waals surface area contributed by atoms with Crippen molar-refractivity contribution in [1.29, 1.82) is 0 Å². The number of hydrogen-bond acceptors (Lipinski definition) is 4. The van der Waals surface area contributed by atoms with Gasteiger partial charge in [-0.25, -0.2) is 9.78 Å². The zero-order chi connectivity index (χ0) is 19.0. The van der Waals surface area contributed by atoms with Gasteiger partial charge in [0.2, 0.25) is 0 Å². The number of nitrogens with zero attached hydrogens (tertiary/aromatic N) is 1. The summed E-state index contributed by atoms with van der Waals surface area (Å²) in [4.78, 5) is 16.4. The quantitative estimate of drug-likeness (QED) is 0.568. The summed E-state index contributed by atoms with van der Waals surface area (Å²) in [5.74, 6) is 0.330. The molecule has 134 valence electrons. The highest BCUT2D eigenvalue weighted by Gasteiger charge is 2.13. The van der Waals surface area contributed by atoms with Gasteiger partial charge in [0.15, 0.2) is 11.5 Å². The summed E-state index contributed by atoms with van der Waals surface area (Å²) in [6, 6.07) is 18.5. The Kier molecular flexibility index (Phi) is 4.12. The molecule has 4 aromatic rings. The van der Waals surface area contributed by atoms with Gasteiger partial charge in [0.05, 0.1) is 31.0 Å². The number of carboxylic acid groups (broad SMARTS) is 1. The lowest BCUT2D eigenvalue weighted by Crippen LogP contribution is -2.00. The molecule has 0 amide bonds. The fourth-order valence-corrected chi connectivity index (χ4v) is 3.23. The lowest BCUT2D eigenvalue weighted by atomic mass is 10.0. The van der Waals surface area contributed by atoms with Crippen molar-refractivity contribution in [3.05, 3.63) is 66.2 Å². The Morgan fingerprint density at radius 2 is 1.59 bits per heavy atom. The standard InChI is InChI=1S/C22H17NO4/c1-26-20-10-13-7-8-14(9-15(13)11-21(20)27-2)19-12-17(22(24)25)16-5-3-4-6-18(16)23-19/h3-12H,1-2H3,(H,24,25). The van der Waals surface area contributed by atoms with Gasteiger partial charge in [0.1, 0.15) is 0 Å². The van der Waals surface area contributed by atoms with E-state index in [4.69, 9.17) is 9.47 Å². The van der Waals surface area contributed by atoms with Crippen LogP contribution in [0.15, 0.2) is 60.7 Å². The molecule has 0 radical (unpaired) electrons. The average molecular weight is 359 g/mol. The number of para-hydroxylation sites is 1. The van der Waals surface area contributed by atoms with Crippen LogP contribution in [-0.4, -0.2) is 30.3 Å². The summed E-state index contributed by atoms with van der Waals surface area (Å²) in [6.07, 6.45) is 0. The Bertz CT molecular complexity index is 1180. The third-order valence-corrected chi connectivity index (χ3v) is 4.59.